The summed E-state index contributed by atoms with van der Waals surface area (Å²) in [6.45, 7) is 7.82. The van der Waals surface area contributed by atoms with Crippen LogP contribution in [-0.4, -0.2) is 16.4 Å². The van der Waals surface area contributed by atoms with Crippen molar-refractivity contribution in [1.29, 1.82) is 0 Å². The Hall–Kier alpha value is -0.230. The first-order valence-corrected chi connectivity index (χ1v) is 7.72. The lowest BCUT2D eigenvalue weighted by Crippen LogP contribution is -2.40. The van der Waals surface area contributed by atoms with Crippen molar-refractivity contribution in [2.75, 3.05) is 7.11 Å². The molecule has 0 saturated carbocycles. The van der Waals surface area contributed by atoms with Crippen LogP contribution in [0.2, 0.25) is 0 Å². The zero-order valence-electron chi connectivity index (χ0n) is 11.4. The zero-order valence-corrected chi connectivity index (χ0v) is 13.8. The molecule has 1 aromatic rings. The highest BCUT2D eigenvalue weighted by molar-refractivity contribution is 9.10. The molecule has 1 N–H and O–H groups in total. The van der Waals surface area contributed by atoms with Crippen molar-refractivity contribution in [1.82, 2.24) is 4.72 Å². The van der Waals surface area contributed by atoms with Crippen LogP contribution in [0.15, 0.2) is 22.7 Å². The Morgan fingerprint density at radius 1 is 1.39 bits per heavy atom. The van der Waals surface area contributed by atoms with Crippen molar-refractivity contribution in [3.05, 3.63) is 28.2 Å². The molecule has 0 aromatic heterocycles. The van der Waals surface area contributed by atoms with Crippen molar-refractivity contribution >= 4 is 27.3 Å². The molecule has 3 nitrogen and oxygen atoms in total. The first-order chi connectivity index (χ1) is 8.27. The second-order valence-corrected chi connectivity index (χ2v) is 7.94. The molecule has 0 amide bonds. The number of nitrogens with one attached hydrogen (secondary N) is 1. The van der Waals surface area contributed by atoms with Gasteiger partial charge in [-0.25, -0.2) is 0 Å². The number of rotatable bonds is 4. The third kappa shape index (κ3) is 3.88. The maximum atomic E-state index is 12.1. The Kier molecular flexibility index (Phi) is 5.52. The van der Waals surface area contributed by atoms with Crippen LogP contribution in [0.5, 0.6) is 5.75 Å². The highest BCUT2D eigenvalue weighted by atomic mass is 79.9. The van der Waals surface area contributed by atoms with Gasteiger partial charge in [0.2, 0.25) is 0 Å². The highest BCUT2D eigenvalue weighted by Gasteiger charge is 2.29. The second kappa shape index (κ2) is 6.28. The quantitative estimate of drug-likeness (QED) is 0.856. The molecule has 0 saturated heterocycles. The molecule has 0 heterocycles. The molecular formula is C13H20BrNO2S. The average Bonchev–Trinajstić information content (AvgIpc) is 2.27. The predicted molar refractivity (Wildman–Crippen MR) is 80.1 cm³/mol. The molecule has 0 spiro atoms. The number of halogens is 1. The highest BCUT2D eigenvalue weighted by Crippen LogP contribution is 2.33. The normalized spacial score (nSPS) is 15.3. The maximum Gasteiger partial charge on any atom is 0.137 e. The first kappa shape index (κ1) is 15.8. The maximum absolute atomic E-state index is 12.1. The van der Waals surface area contributed by atoms with Gasteiger partial charge in [0, 0.05) is 16.9 Å². The van der Waals surface area contributed by atoms with Crippen molar-refractivity contribution in [2.24, 2.45) is 0 Å². The van der Waals surface area contributed by atoms with E-state index in [4.69, 9.17) is 4.74 Å². The van der Waals surface area contributed by atoms with Crippen LogP contribution in [0.1, 0.15) is 39.3 Å². The van der Waals surface area contributed by atoms with Crippen molar-refractivity contribution in [3.8, 4) is 5.75 Å². The van der Waals surface area contributed by atoms with Crippen LogP contribution in [0.4, 0.5) is 0 Å². The Balaban J connectivity index is 2.91. The predicted octanol–water partition coefficient (Wildman–Crippen LogP) is 3.57. The molecule has 0 bridgehead atoms. The summed E-state index contributed by atoms with van der Waals surface area (Å²) in [6.07, 6.45) is 0. The van der Waals surface area contributed by atoms with E-state index >= 15 is 0 Å². The third-order valence-electron chi connectivity index (χ3n) is 2.51. The topological polar surface area (TPSA) is 44.3 Å². The molecule has 102 valence electrons. The molecule has 5 heteroatoms. The van der Waals surface area contributed by atoms with Gasteiger partial charge in [0.25, 0.3) is 0 Å². The molecule has 0 fully saturated rings. The third-order valence-corrected chi connectivity index (χ3v) is 4.81. The monoisotopic (exact) mass is 333 g/mol. The number of hydrogen-bond donors (Lipinski definition) is 1. The minimum absolute atomic E-state index is 0.0440. The van der Waals surface area contributed by atoms with Gasteiger partial charge in [-0.1, -0.05) is 12.1 Å². The Bertz CT molecular complexity index is 406. The van der Waals surface area contributed by atoms with Crippen LogP contribution in [0.25, 0.3) is 0 Å². The lowest BCUT2D eigenvalue weighted by molar-refractivity contribution is 0.402. The van der Waals surface area contributed by atoms with Crippen LogP contribution in [-0.2, 0) is 11.4 Å². The van der Waals surface area contributed by atoms with E-state index < -0.39 is 11.4 Å². The molecule has 2 unspecified atom stereocenters. The summed E-state index contributed by atoms with van der Waals surface area (Å²) in [5.41, 5.74) is 0.990. The van der Waals surface area contributed by atoms with Gasteiger partial charge in [0.05, 0.1) is 17.6 Å². The van der Waals surface area contributed by atoms with Gasteiger partial charge in [-0.05, 0) is 49.7 Å². The Morgan fingerprint density at radius 2 is 2.00 bits per heavy atom. The number of ether oxygens (including phenoxy) is 1. The van der Waals surface area contributed by atoms with Crippen molar-refractivity contribution in [2.45, 2.75) is 38.5 Å². The SMILES string of the molecule is COc1c(Br)cccc1C(C)N[S+]([O-])C(C)(C)C. The number of para-hydroxylation sites is 1. The Morgan fingerprint density at radius 3 is 2.50 bits per heavy atom. The molecular weight excluding hydrogens is 314 g/mol. The summed E-state index contributed by atoms with van der Waals surface area (Å²) in [4.78, 5) is 0. The molecule has 0 aliphatic carbocycles. The van der Waals surface area contributed by atoms with E-state index in [0.29, 0.717) is 0 Å². The smallest absolute Gasteiger partial charge is 0.137 e. The standard InChI is InChI=1S/C13H20BrNO2S/c1-9(15-18(16)13(2,3)4)10-7-6-8-11(14)12(10)17-5/h6-9,15H,1-5H3. The first-order valence-electron chi connectivity index (χ1n) is 5.77. The molecule has 1 aromatic carbocycles. The zero-order chi connectivity index (χ0) is 13.9. The van der Waals surface area contributed by atoms with Gasteiger partial charge in [-0.3, -0.25) is 0 Å². The summed E-state index contributed by atoms with van der Waals surface area (Å²) < 4.78 is 21.2. The van der Waals surface area contributed by atoms with E-state index in [9.17, 15) is 4.55 Å². The van der Waals surface area contributed by atoms with E-state index in [1.54, 1.807) is 7.11 Å². The van der Waals surface area contributed by atoms with Crippen LogP contribution < -0.4 is 9.46 Å². The van der Waals surface area contributed by atoms with E-state index in [0.717, 1.165) is 15.8 Å². The fraction of sp³-hybridized carbons (Fsp3) is 0.538. The molecule has 0 aliphatic rings. The van der Waals surface area contributed by atoms with Crippen LogP contribution in [0.3, 0.4) is 0 Å². The summed E-state index contributed by atoms with van der Waals surface area (Å²) in [5.74, 6) is 0.781. The van der Waals surface area contributed by atoms with Crippen LogP contribution >= 0.6 is 15.9 Å². The fourth-order valence-corrected chi connectivity index (χ4v) is 2.83. The van der Waals surface area contributed by atoms with E-state index in [1.807, 2.05) is 45.9 Å². The molecule has 18 heavy (non-hydrogen) atoms. The fourth-order valence-electron chi connectivity index (χ4n) is 1.48. The molecule has 0 aliphatic heterocycles. The van der Waals surface area contributed by atoms with Gasteiger partial charge in [-0.15, -0.1) is 4.72 Å². The van der Waals surface area contributed by atoms with Gasteiger partial charge in [-0.2, -0.15) is 0 Å². The van der Waals surface area contributed by atoms with Gasteiger partial charge in [0.1, 0.15) is 10.5 Å². The number of hydrogen-bond acceptors (Lipinski definition) is 3. The Labute approximate surface area is 121 Å². The lowest BCUT2D eigenvalue weighted by Gasteiger charge is -2.27. The average molecular weight is 334 g/mol. The number of benzene rings is 1. The summed E-state index contributed by atoms with van der Waals surface area (Å²) in [6, 6.07) is 5.80. The summed E-state index contributed by atoms with van der Waals surface area (Å²) >= 11 is 2.35. The summed E-state index contributed by atoms with van der Waals surface area (Å²) in [5, 5.41) is 0. The lowest BCUT2D eigenvalue weighted by atomic mass is 10.1. The van der Waals surface area contributed by atoms with Crippen LogP contribution in [0, 0.1) is 0 Å². The minimum Gasteiger partial charge on any atom is -0.598 e. The van der Waals surface area contributed by atoms with E-state index in [-0.39, 0.29) is 10.8 Å². The second-order valence-electron chi connectivity index (χ2n) is 5.08. The molecule has 2 atom stereocenters. The van der Waals surface area contributed by atoms with Gasteiger partial charge < -0.3 is 9.29 Å². The largest absolute Gasteiger partial charge is 0.598 e. The molecule has 0 radical (unpaired) electrons. The van der Waals surface area contributed by atoms with E-state index in [1.165, 1.54) is 0 Å². The minimum atomic E-state index is -1.11. The van der Waals surface area contributed by atoms with Gasteiger partial charge in [0.15, 0.2) is 0 Å². The van der Waals surface area contributed by atoms with Crippen molar-refractivity contribution in [3.63, 3.8) is 0 Å². The van der Waals surface area contributed by atoms with E-state index in [2.05, 4.69) is 20.7 Å². The summed E-state index contributed by atoms with van der Waals surface area (Å²) in [7, 11) is 1.64. The van der Waals surface area contributed by atoms with Gasteiger partial charge >= 0.3 is 0 Å². The van der Waals surface area contributed by atoms with Crippen molar-refractivity contribution < 1.29 is 9.29 Å². The molecule has 1 rings (SSSR count). The number of methoxy groups -OCH3 is 1.